The molecule has 0 spiro atoms. The quantitative estimate of drug-likeness (QED) is 0.882. The summed E-state index contributed by atoms with van der Waals surface area (Å²) < 4.78 is 31.5. The molecule has 1 aromatic carbocycles. The Morgan fingerprint density at radius 3 is 2.56 bits per heavy atom. The van der Waals surface area contributed by atoms with Gasteiger partial charge in [0.15, 0.2) is 0 Å². The van der Waals surface area contributed by atoms with Crippen molar-refractivity contribution in [2.75, 3.05) is 7.11 Å². The summed E-state index contributed by atoms with van der Waals surface area (Å²) >= 11 is 0. The molecule has 100 valence electrons. The third kappa shape index (κ3) is 3.42. The average molecular weight is 258 g/mol. The van der Waals surface area contributed by atoms with E-state index in [1.54, 1.807) is 0 Å². The Hall–Kier alpha value is -1.65. The lowest BCUT2D eigenvalue weighted by atomic mass is 9.97. The van der Waals surface area contributed by atoms with Crippen LogP contribution in [0.2, 0.25) is 0 Å². The predicted octanol–water partition coefficient (Wildman–Crippen LogP) is 3.07. The van der Waals surface area contributed by atoms with E-state index in [2.05, 4.69) is 0 Å². The minimum atomic E-state index is -2.95. The summed E-state index contributed by atoms with van der Waals surface area (Å²) in [4.78, 5) is 10.8. The van der Waals surface area contributed by atoms with Gasteiger partial charge in [0.05, 0.1) is 13.0 Å². The molecule has 0 fully saturated rings. The average Bonchev–Trinajstić information content (AvgIpc) is 2.27. The SMILES string of the molecule is COc1ccc(C(C)(F)F)cc1CC(C)C(=O)O. The van der Waals surface area contributed by atoms with Gasteiger partial charge in [0, 0.05) is 12.5 Å². The van der Waals surface area contributed by atoms with Crippen LogP contribution < -0.4 is 4.74 Å². The number of carboxylic acids is 1. The van der Waals surface area contributed by atoms with Crippen LogP contribution >= 0.6 is 0 Å². The van der Waals surface area contributed by atoms with Crippen LogP contribution in [-0.4, -0.2) is 18.2 Å². The Kier molecular flexibility index (Phi) is 4.27. The molecule has 0 saturated heterocycles. The van der Waals surface area contributed by atoms with E-state index in [4.69, 9.17) is 9.84 Å². The lowest BCUT2D eigenvalue weighted by molar-refractivity contribution is -0.141. The molecule has 0 saturated carbocycles. The maximum Gasteiger partial charge on any atom is 0.306 e. The normalized spacial score (nSPS) is 13.2. The maximum atomic E-state index is 13.2. The molecule has 0 aromatic heterocycles. The summed E-state index contributed by atoms with van der Waals surface area (Å²) in [7, 11) is 1.42. The number of halogens is 2. The molecule has 1 rings (SSSR count). The fourth-order valence-electron chi connectivity index (χ4n) is 1.63. The van der Waals surface area contributed by atoms with E-state index in [0.29, 0.717) is 11.3 Å². The zero-order chi connectivity index (χ0) is 13.9. The van der Waals surface area contributed by atoms with Crippen molar-refractivity contribution in [1.82, 2.24) is 0 Å². The molecule has 0 aliphatic rings. The largest absolute Gasteiger partial charge is 0.496 e. The first-order valence-electron chi connectivity index (χ1n) is 5.53. The van der Waals surface area contributed by atoms with Crippen LogP contribution in [0.25, 0.3) is 0 Å². The van der Waals surface area contributed by atoms with Gasteiger partial charge in [-0.05, 0) is 30.2 Å². The van der Waals surface area contributed by atoms with E-state index >= 15 is 0 Å². The monoisotopic (exact) mass is 258 g/mol. The van der Waals surface area contributed by atoms with E-state index in [9.17, 15) is 13.6 Å². The highest BCUT2D eigenvalue weighted by Gasteiger charge is 2.26. The number of aliphatic carboxylic acids is 1. The fourth-order valence-corrected chi connectivity index (χ4v) is 1.63. The maximum absolute atomic E-state index is 13.2. The highest BCUT2D eigenvalue weighted by atomic mass is 19.3. The molecule has 0 aliphatic heterocycles. The Morgan fingerprint density at radius 2 is 2.11 bits per heavy atom. The summed E-state index contributed by atoms with van der Waals surface area (Å²) in [5, 5.41) is 8.85. The van der Waals surface area contributed by atoms with Crippen LogP contribution in [0.5, 0.6) is 5.75 Å². The first-order valence-corrected chi connectivity index (χ1v) is 5.53. The molecule has 18 heavy (non-hydrogen) atoms. The van der Waals surface area contributed by atoms with Crippen molar-refractivity contribution >= 4 is 5.97 Å². The van der Waals surface area contributed by atoms with E-state index in [-0.39, 0.29) is 12.0 Å². The highest BCUT2D eigenvalue weighted by Crippen LogP contribution is 2.31. The molecule has 0 aliphatic carbocycles. The van der Waals surface area contributed by atoms with Crippen molar-refractivity contribution in [1.29, 1.82) is 0 Å². The second-order valence-electron chi connectivity index (χ2n) is 4.36. The van der Waals surface area contributed by atoms with Gasteiger partial charge in [0.25, 0.3) is 5.92 Å². The Morgan fingerprint density at radius 1 is 1.50 bits per heavy atom. The lowest BCUT2D eigenvalue weighted by Gasteiger charge is -2.16. The summed E-state index contributed by atoms with van der Waals surface area (Å²) in [6.45, 7) is 2.33. The van der Waals surface area contributed by atoms with Crippen LogP contribution in [0.3, 0.4) is 0 Å². The van der Waals surface area contributed by atoms with Gasteiger partial charge in [-0.1, -0.05) is 6.92 Å². The van der Waals surface area contributed by atoms with Gasteiger partial charge in [0.2, 0.25) is 0 Å². The molecule has 0 bridgehead atoms. The standard InChI is InChI=1S/C13H16F2O3/c1-8(12(16)17)6-9-7-10(13(2,14)15)4-5-11(9)18-3/h4-5,7-8H,6H2,1-3H3,(H,16,17). The zero-order valence-corrected chi connectivity index (χ0v) is 10.5. The van der Waals surface area contributed by atoms with Gasteiger partial charge in [0.1, 0.15) is 5.75 Å². The van der Waals surface area contributed by atoms with Gasteiger partial charge in [-0.15, -0.1) is 0 Å². The van der Waals surface area contributed by atoms with Crippen molar-refractivity contribution < 1.29 is 23.4 Å². The second-order valence-corrected chi connectivity index (χ2v) is 4.36. The zero-order valence-electron chi connectivity index (χ0n) is 10.5. The minimum absolute atomic E-state index is 0.143. The number of hydrogen-bond acceptors (Lipinski definition) is 2. The molecule has 1 N–H and O–H groups in total. The van der Waals surface area contributed by atoms with Crippen LogP contribution in [0.15, 0.2) is 18.2 Å². The van der Waals surface area contributed by atoms with Gasteiger partial charge in [-0.2, -0.15) is 0 Å². The molecule has 0 radical (unpaired) electrons. The van der Waals surface area contributed by atoms with E-state index < -0.39 is 17.8 Å². The molecule has 3 nitrogen and oxygen atoms in total. The van der Waals surface area contributed by atoms with Crippen LogP contribution in [0, 0.1) is 5.92 Å². The van der Waals surface area contributed by atoms with Crippen LogP contribution in [-0.2, 0) is 17.1 Å². The first kappa shape index (κ1) is 14.4. The Labute approximate surface area is 104 Å². The topological polar surface area (TPSA) is 46.5 Å². The minimum Gasteiger partial charge on any atom is -0.496 e. The summed E-state index contributed by atoms with van der Waals surface area (Å²) in [6.07, 6.45) is 0.155. The van der Waals surface area contributed by atoms with Crippen molar-refractivity contribution in [3.8, 4) is 5.75 Å². The second kappa shape index (κ2) is 5.33. The third-order valence-electron chi connectivity index (χ3n) is 2.73. The molecular formula is C13H16F2O3. The molecule has 5 heteroatoms. The van der Waals surface area contributed by atoms with Crippen molar-refractivity contribution in [3.05, 3.63) is 29.3 Å². The van der Waals surface area contributed by atoms with Crippen molar-refractivity contribution in [3.63, 3.8) is 0 Å². The summed E-state index contributed by atoms with van der Waals surface area (Å²) in [5.41, 5.74) is 0.335. The number of ether oxygens (including phenoxy) is 1. The van der Waals surface area contributed by atoms with Crippen LogP contribution in [0.1, 0.15) is 25.0 Å². The number of rotatable bonds is 5. The summed E-state index contributed by atoms with van der Waals surface area (Å²) in [5.74, 6) is -4.14. The molecule has 1 unspecified atom stereocenters. The highest BCUT2D eigenvalue weighted by molar-refractivity contribution is 5.70. The van der Waals surface area contributed by atoms with E-state index in [0.717, 1.165) is 6.92 Å². The van der Waals surface area contributed by atoms with Gasteiger partial charge < -0.3 is 9.84 Å². The molecular weight excluding hydrogens is 242 g/mol. The van der Waals surface area contributed by atoms with E-state index in [1.165, 1.54) is 32.2 Å². The van der Waals surface area contributed by atoms with Crippen molar-refractivity contribution in [2.45, 2.75) is 26.2 Å². The Balaban J connectivity index is 3.10. The smallest absolute Gasteiger partial charge is 0.306 e. The number of carboxylic acid groups (broad SMARTS) is 1. The molecule has 0 amide bonds. The first-order chi connectivity index (χ1) is 8.25. The van der Waals surface area contributed by atoms with Crippen LogP contribution in [0.4, 0.5) is 8.78 Å². The number of carbonyl (C=O) groups is 1. The molecule has 1 aromatic rings. The third-order valence-corrected chi connectivity index (χ3v) is 2.73. The number of alkyl halides is 2. The van der Waals surface area contributed by atoms with E-state index in [1.807, 2.05) is 0 Å². The van der Waals surface area contributed by atoms with Gasteiger partial charge in [-0.3, -0.25) is 4.79 Å². The van der Waals surface area contributed by atoms with Crippen molar-refractivity contribution in [2.24, 2.45) is 5.92 Å². The summed E-state index contributed by atoms with van der Waals surface area (Å²) in [6, 6.07) is 4.03. The molecule has 1 atom stereocenters. The fraction of sp³-hybridized carbons (Fsp3) is 0.462. The number of hydrogen-bond donors (Lipinski definition) is 1. The lowest BCUT2D eigenvalue weighted by Crippen LogP contribution is -2.14. The number of benzene rings is 1. The van der Waals surface area contributed by atoms with Gasteiger partial charge >= 0.3 is 5.97 Å². The molecule has 0 heterocycles. The predicted molar refractivity (Wildman–Crippen MR) is 63.1 cm³/mol. The number of methoxy groups -OCH3 is 1. The van der Waals surface area contributed by atoms with Gasteiger partial charge in [-0.25, -0.2) is 8.78 Å². The Bertz CT molecular complexity index is 438.